The van der Waals surface area contributed by atoms with Gasteiger partial charge in [0.25, 0.3) is 0 Å². The molecule has 2 aliphatic rings. The predicted octanol–water partition coefficient (Wildman–Crippen LogP) is 5.49. The van der Waals surface area contributed by atoms with Crippen molar-refractivity contribution in [3.8, 4) is 5.75 Å². The minimum absolute atomic E-state index is 0.0359. The van der Waals surface area contributed by atoms with Crippen LogP contribution in [-0.4, -0.2) is 12.6 Å². The minimum atomic E-state index is -0.318. The highest BCUT2D eigenvalue weighted by molar-refractivity contribution is 5.78. The Labute approximate surface area is 167 Å². The maximum Gasteiger partial charge on any atom is 0.310 e. The number of carbonyl (C=O) groups is 1. The lowest BCUT2D eigenvalue weighted by atomic mass is 10.0. The third-order valence-electron chi connectivity index (χ3n) is 6.00. The number of fused-ring (bicyclic) bond motifs is 1. The third kappa shape index (κ3) is 3.58. The highest BCUT2D eigenvalue weighted by Crippen LogP contribution is 2.60. The largest absolute Gasteiger partial charge is 0.489 e. The van der Waals surface area contributed by atoms with Gasteiger partial charge in [-0.2, -0.15) is 0 Å². The molecule has 3 heteroatoms. The van der Waals surface area contributed by atoms with E-state index in [1.54, 1.807) is 0 Å². The second-order valence-electron chi connectivity index (χ2n) is 8.84. The fourth-order valence-electron chi connectivity index (χ4n) is 4.29. The lowest BCUT2D eigenvalue weighted by molar-refractivity contribution is -0.152. The Morgan fingerprint density at radius 2 is 1.89 bits per heavy atom. The SMILES string of the molecule is CC(C)=CC1C(C(=O)OC2COc3ccc(Cc4ccccc4)cc32)C1(C)C. The molecule has 2 aromatic rings. The smallest absolute Gasteiger partial charge is 0.310 e. The van der Waals surface area contributed by atoms with Crippen LogP contribution < -0.4 is 4.74 Å². The van der Waals surface area contributed by atoms with Gasteiger partial charge in [0, 0.05) is 5.56 Å². The quantitative estimate of drug-likeness (QED) is 0.511. The number of hydrogen-bond donors (Lipinski definition) is 0. The van der Waals surface area contributed by atoms with E-state index < -0.39 is 0 Å². The van der Waals surface area contributed by atoms with E-state index in [2.05, 4.69) is 70.2 Å². The van der Waals surface area contributed by atoms with Gasteiger partial charge in [-0.1, -0.05) is 61.9 Å². The first-order valence-corrected chi connectivity index (χ1v) is 10.0. The van der Waals surface area contributed by atoms with E-state index in [0.29, 0.717) is 6.61 Å². The summed E-state index contributed by atoms with van der Waals surface area (Å²) in [7, 11) is 0. The van der Waals surface area contributed by atoms with Crippen LogP contribution in [0.5, 0.6) is 5.75 Å². The summed E-state index contributed by atoms with van der Waals surface area (Å²) in [4.78, 5) is 12.8. The Kier molecular flexibility index (Phi) is 4.78. The highest BCUT2D eigenvalue weighted by atomic mass is 16.6. The molecule has 1 aliphatic carbocycles. The number of benzene rings is 2. The summed E-state index contributed by atoms with van der Waals surface area (Å²) in [5.41, 5.74) is 4.66. The number of hydrogen-bond acceptors (Lipinski definition) is 3. The van der Waals surface area contributed by atoms with Gasteiger partial charge in [-0.15, -0.1) is 0 Å². The molecule has 3 unspecified atom stereocenters. The van der Waals surface area contributed by atoms with Crippen molar-refractivity contribution in [1.82, 2.24) is 0 Å². The van der Waals surface area contributed by atoms with E-state index in [1.807, 2.05) is 12.1 Å². The number of esters is 1. The summed E-state index contributed by atoms with van der Waals surface area (Å²) in [6.07, 6.45) is 2.73. The van der Waals surface area contributed by atoms with Gasteiger partial charge in [0.05, 0.1) is 5.92 Å². The maximum atomic E-state index is 12.8. The third-order valence-corrected chi connectivity index (χ3v) is 6.00. The van der Waals surface area contributed by atoms with Crippen LogP contribution in [0.3, 0.4) is 0 Å². The van der Waals surface area contributed by atoms with Gasteiger partial charge in [-0.25, -0.2) is 0 Å². The van der Waals surface area contributed by atoms with Crippen LogP contribution in [0.1, 0.15) is 50.5 Å². The van der Waals surface area contributed by atoms with Crippen LogP contribution >= 0.6 is 0 Å². The lowest BCUT2D eigenvalue weighted by Crippen LogP contribution is -2.16. The molecule has 0 N–H and O–H groups in total. The molecule has 0 aromatic heterocycles. The van der Waals surface area contributed by atoms with E-state index in [9.17, 15) is 4.79 Å². The molecule has 0 bridgehead atoms. The standard InChI is InChI=1S/C25H28O3/c1-16(2)12-20-23(25(20,3)4)24(26)28-22-15-27-21-11-10-18(14-19(21)22)13-17-8-6-5-7-9-17/h5-12,14,20,22-23H,13,15H2,1-4H3. The molecule has 1 aliphatic heterocycles. The lowest BCUT2D eigenvalue weighted by Gasteiger charge is -2.13. The normalized spacial score (nSPS) is 24.1. The van der Waals surface area contributed by atoms with Gasteiger partial charge >= 0.3 is 5.97 Å². The fraction of sp³-hybridized carbons (Fsp3) is 0.400. The molecule has 1 fully saturated rings. The molecule has 146 valence electrons. The zero-order valence-electron chi connectivity index (χ0n) is 17.1. The number of ether oxygens (including phenoxy) is 2. The molecular weight excluding hydrogens is 348 g/mol. The van der Waals surface area contributed by atoms with Crippen molar-refractivity contribution < 1.29 is 14.3 Å². The average Bonchev–Trinajstić information content (AvgIpc) is 2.97. The summed E-state index contributed by atoms with van der Waals surface area (Å²) >= 11 is 0. The van der Waals surface area contributed by atoms with Crippen LogP contribution in [-0.2, 0) is 16.0 Å². The number of allylic oxidation sites excluding steroid dienone is 2. The summed E-state index contributed by atoms with van der Waals surface area (Å²) in [6, 6.07) is 16.6. The van der Waals surface area contributed by atoms with Gasteiger partial charge in [0.2, 0.25) is 0 Å². The average molecular weight is 376 g/mol. The predicted molar refractivity (Wildman–Crippen MR) is 110 cm³/mol. The molecule has 1 saturated carbocycles. The van der Waals surface area contributed by atoms with Crippen LogP contribution in [0, 0.1) is 17.3 Å². The van der Waals surface area contributed by atoms with Crippen LogP contribution in [0.15, 0.2) is 60.2 Å². The number of carbonyl (C=O) groups excluding carboxylic acids is 1. The van der Waals surface area contributed by atoms with E-state index in [4.69, 9.17) is 9.47 Å². The molecule has 2 aromatic carbocycles. The van der Waals surface area contributed by atoms with Crippen molar-refractivity contribution in [3.05, 3.63) is 76.9 Å². The minimum Gasteiger partial charge on any atom is -0.489 e. The first-order chi connectivity index (χ1) is 13.4. The van der Waals surface area contributed by atoms with E-state index in [0.717, 1.165) is 17.7 Å². The Bertz CT molecular complexity index is 907. The second kappa shape index (κ2) is 7.12. The first kappa shape index (κ1) is 18.8. The van der Waals surface area contributed by atoms with Gasteiger partial charge in [-0.05, 0) is 54.9 Å². The van der Waals surface area contributed by atoms with Gasteiger partial charge in [0.1, 0.15) is 12.4 Å². The van der Waals surface area contributed by atoms with Crippen molar-refractivity contribution in [1.29, 1.82) is 0 Å². The van der Waals surface area contributed by atoms with Crippen molar-refractivity contribution >= 4 is 5.97 Å². The summed E-state index contributed by atoms with van der Waals surface area (Å²) < 4.78 is 11.7. The van der Waals surface area contributed by atoms with E-state index in [1.165, 1.54) is 16.7 Å². The molecule has 28 heavy (non-hydrogen) atoms. The summed E-state index contributed by atoms with van der Waals surface area (Å²) in [5, 5.41) is 0. The molecule has 4 rings (SSSR count). The van der Waals surface area contributed by atoms with E-state index in [-0.39, 0.29) is 29.3 Å². The summed E-state index contributed by atoms with van der Waals surface area (Å²) in [6.45, 7) is 8.83. The molecule has 0 saturated heterocycles. The first-order valence-electron chi connectivity index (χ1n) is 10.0. The molecule has 3 nitrogen and oxygen atoms in total. The van der Waals surface area contributed by atoms with Crippen molar-refractivity contribution in [2.45, 2.75) is 40.2 Å². The maximum absolute atomic E-state index is 12.8. The Morgan fingerprint density at radius 3 is 2.61 bits per heavy atom. The van der Waals surface area contributed by atoms with Crippen LogP contribution in [0.2, 0.25) is 0 Å². The van der Waals surface area contributed by atoms with Gasteiger partial charge < -0.3 is 9.47 Å². The molecule has 1 heterocycles. The van der Waals surface area contributed by atoms with Crippen LogP contribution in [0.25, 0.3) is 0 Å². The fourth-order valence-corrected chi connectivity index (χ4v) is 4.29. The van der Waals surface area contributed by atoms with Gasteiger partial charge in [0.15, 0.2) is 6.10 Å². The molecule has 0 spiro atoms. The Hall–Kier alpha value is -2.55. The monoisotopic (exact) mass is 376 g/mol. The van der Waals surface area contributed by atoms with Crippen molar-refractivity contribution in [2.75, 3.05) is 6.61 Å². The second-order valence-corrected chi connectivity index (χ2v) is 8.84. The molecule has 0 amide bonds. The number of rotatable bonds is 5. The molecule has 3 atom stereocenters. The zero-order valence-corrected chi connectivity index (χ0v) is 17.1. The Balaban J connectivity index is 1.48. The van der Waals surface area contributed by atoms with E-state index >= 15 is 0 Å². The molecule has 0 radical (unpaired) electrons. The van der Waals surface area contributed by atoms with Gasteiger partial charge in [-0.3, -0.25) is 4.79 Å². The zero-order chi connectivity index (χ0) is 19.9. The topological polar surface area (TPSA) is 35.5 Å². The summed E-state index contributed by atoms with van der Waals surface area (Å²) in [5.74, 6) is 0.906. The Morgan fingerprint density at radius 1 is 1.14 bits per heavy atom. The van der Waals surface area contributed by atoms with Crippen LogP contribution in [0.4, 0.5) is 0 Å². The molecular formula is C25H28O3. The van der Waals surface area contributed by atoms with Crippen molar-refractivity contribution in [2.24, 2.45) is 17.3 Å². The van der Waals surface area contributed by atoms with Crippen molar-refractivity contribution in [3.63, 3.8) is 0 Å². The highest BCUT2D eigenvalue weighted by Gasteiger charge is 2.61.